The second kappa shape index (κ2) is 7.37. The SMILES string of the molecule is Cc1cc(C)n(CCCNc2nc(-c3cnn(C)c3)cc(C(F)(F)F)n2)n1. The van der Waals surface area contributed by atoms with Crippen LogP contribution in [-0.2, 0) is 19.8 Å². The van der Waals surface area contributed by atoms with Gasteiger partial charge in [0, 0.05) is 37.6 Å². The second-order valence-corrected chi connectivity index (χ2v) is 6.29. The van der Waals surface area contributed by atoms with Crippen LogP contribution in [0.3, 0.4) is 0 Å². The van der Waals surface area contributed by atoms with Crippen molar-refractivity contribution in [2.24, 2.45) is 7.05 Å². The van der Waals surface area contributed by atoms with Crippen molar-refractivity contribution in [3.05, 3.63) is 41.6 Å². The summed E-state index contributed by atoms with van der Waals surface area (Å²) in [6, 6.07) is 2.90. The van der Waals surface area contributed by atoms with Crippen molar-refractivity contribution < 1.29 is 13.2 Å². The number of hydrogen-bond acceptors (Lipinski definition) is 5. The van der Waals surface area contributed by atoms with Crippen molar-refractivity contribution in [3.8, 4) is 11.3 Å². The Hall–Kier alpha value is -2.91. The van der Waals surface area contributed by atoms with Crippen LogP contribution in [0, 0.1) is 13.8 Å². The van der Waals surface area contributed by atoms with Gasteiger partial charge in [-0.1, -0.05) is 0 Å². The van der Waals surface area contributed by atoms with Gasteiger partial charge in [-0.2, -0.15) is 23.4 Å². The molecule has 0 saturated heterocycles. The molecule has 27 heavy (non-hydrogen) atoms. The Bertz CT molecular complexity index is 927. The summed E-state index contributed by atoms with van der Waals surface area (Å²) < 4.78 is 42.9. The lowest BCUT2D eigenvalue weighted by Crippen LogP contribution is -2.14. The third-order valence-electron chi connectivity index (χ3n) is 3.95. The van der Waals surface area contributed by atoms with Gasteiger partial charge in [0.05, 0.1) is 17.6 Å². The highest BCUT2D eigenvalue weighted by atomic mass is 19.4. The van der Waals surface area contributed by atoms with Crippen LogP contribution < -0.4 is 5.32 Å². The number of aryl methyl sites for hydroxylation is 4. The van der Waals surface area contributed by atoms with Crippen LogP contribution in [-0.4, -0.2) is 36.1 Å². The summed E-state index contributed by atoms with van der Waals surface area (Å²) in [6.45, 7) is 4.95. The summed E-state index contributed by atoms with van der Waals surface area (Å²) >= 11 is 0. The molecule has 0 unspecified atom stereocenters. The number of nitrogens with zero attached hydrogens (tertiary/aromatic N) is 6. The van der Waals surface area contributed by atoms with Gasteiger partial charge in [0.25, 0.3) is 0 Å². The lowest BCUT2D eigenvalue weighted by molar-refractivity contribution is -0.141. The van der Waals surface area contributed by atoms with Crippen molar-refractivity contribution in [1.29, 1.82) is 0 Å². The normalized spacial score (nSPS) is 11.8. The van der Waals surface area contributed by atoms with E-state index in [1.807, 2.05) is 24.6 Å². The predicted molar refractivity (Wildman–Crippen MR) is 94.0 cm³/mol. The molecule has 7 nitrogen and oxygen atoms in total. The lowest BCUT2D eigenvalue weighted by Gasteiger charge is -2.11. The van der Waals surface area contributed by atoms with Gasteiger partial charge < -0.3 is 5.32 Å². The molecule has 3 rings (SSSR count). The molecule has 0 atom stereocenters. The standard InChI is InChI=1S/C17H20F3N7/c1-11-7-12(2)27(25-11)6-4-5-21-16-23-14(13-9-22-26(3)10-13)8-15(24-16)17(18,19)20/h7-10H,4-6H2,1-3H3,(H,21,23,24). The van der Waals surface area contributed by atoms with Crippen molar-refractivity contribution in [1.82, 2.24) is 29.5 Å². The van der Waals surface area contributed by atoms with Gasteiger partial charge in [0.2, 0.25) is 5.95 Å². The van der Waals surface area contributed by atoms with E-state index in [2.05, 4.69) is 25.5 Å². The maximum Gasteiger partial charge on any atom is 0.433 e. The van der Waals surface area contributed by atoms with Gasteiger partial charge in [-0.3, -0.25) is 9.36 Å². The molecule has 0 aliphatic rings. The van der Waals surface area contributed by atoms with Crippen molar-refractivity contribution in [3.63, 3.8) is 0 Å². The largest absolute Gasteiger partial charge is 0.433 e. The van der Waals surface area contributed by atoms with Crippen LogP contribution in [0.5, 0.6) is 0 Å². The second-order valence-electron chi connectivity index (χ2n) is 6.29. The fourth-order valence-corrected chi connectivity index (χ4v) is 2.70. The van der Waals surface area contributed by atoms with Crippen LogP contribution in [0.2, 0.25) is 0 Å². The highest BCUT2D eigenvalue weighted by Crippen LogP contribution is 2.31. The molecule has 0 aliphatic carbocycles. The smallest absolute Gasteiger partial charge is 0.354 e. The number of rotatable bonds is 6. The van der Waals surface area contributed by atoms with Gasteiger partial charge in [-0.25, -0.2) is 9.97 Å². The Labute approximate surface area is 154 Å². The Morgan fingerprint density at radius 2 is 1.93 bits per heavy atom. The minimum Gasteiger partial charge on any atom is -0.354 e. The Kier molecular flexibility index (Phi) is 5.15. The average Bonchev–Trinajstić information content (AvgIpc) is 3.16. The highest BCUT2D eigenvalue weighted by Gasteiger charge is 2.34. The first-order chi connectivity index (χ1) is 12.7. The van der Waals surface area contributed by atoms with E-state index >= 15 is 0 Å². The maximum atomic E-state index is 13.2. The van der Waals surface area contributed by atoms with E-state index in [9.17, 15) is 13.2 Å². The van der Waals surface area contributed by atoms with E-state index in [0.717, 1.165) is 17.5 Å². The van der Waals surface area contributed by atoms with E-state index in [-0.39, 0.29) is 11.6 Å². The molecule has 0 aliphatic heterocycles. The van der Waals surface area contributed by atoms with Gasteiger partial charge in [0.15, 0.2) is 5.69 Å². The minimum atomic E-state index is -4.56. The number of anilines is 1. The van der Waals surface area contributed by atoms with E-state index in [1.165, 1.54) is 10.9 Å². The highest BCUT2D eigenvalue weighted by molar-refractivity contribution is 5.59. The molecule has 10 heteroatoms. The maximum absolute atomic E-state index is 13.2. The molecule has 3 aromatic rings. The lowest BCUT2D eigenvalue weighted by atomic mass is 10.2. The van der Waals surface area contributed by atoms with Crippen LogP contribution >= 0.6 is 0 Å². The number of nitrogens with one attached hydrogen (secondary N) is 1. The summed E-state index contributed by atoms with van der Waals surface area (Å²) in [5, 5.41) is 11.2. The van der Waals surface area contributed by atoms with E-state index < -0.39 is 11.9 Å². The summed E-state index contributed by atoms with van der Waals surface area (Å²) in [7, 11) is 1.69. The van der Waals surface area contributed by atoms with Crippen molar-refractivity contribution >= 4 is 5.95 Å². The van der Waals surface area contributed by atoms with Crippen molar-refractivity contribution in [2.75, 3.05) is 11.9 Å². The Morgan fingerprint density at radius 1 is 1.15 bits per heavy atom. The third kappa shape index (κ3) is 4.63. The Morgan fingerprint density at radius 3 is 2.52 bits per heavy atom. The fourth-order valence-electron chi connectivity index (χ4n) is 2.70. The monoisotopic (exact) mass is 379 g/mol. The van der Waals surface area contributed by atoms with Gasteiger partial charge in [-0.15, -0.1) is 0 Å². The van der Waals surface area contributed by atoms with Crippen LogP contribution in [0.15, 0.2) is 24.5 Å². The molecule has 1 N–H and O–H groups in total. The van der Waals surface area contributed by atoms with E-state index in [4.69, 9.17) is 0 Å². The summed E-state index contributed by atoms with van der Waals surface area (Å²) in [6.07, 6.45) is -0.812. The van der Waals surface area contributed by atoms with E-state index in [1.54, 1.807) is 13.2 Å². The van der Waals surface area contributed by atoms with Crippen LogP contribution in [0.25, 0.3) is 11.3 Å². The van der Waals surface area contributed by atoms with Crippen LogP contribution in [0.1, 0.15) is 23.5 Å². The number of halogens is 3. The summed E-state index contributed by atoms with van der Waals surface area (Å²) in [5.74, 6) is -0.0583. The first kappa shape index (κ1) is 18.9. The number of aromatic nitrogens is 6. The van der Waals surface area contributed by atoms with E-state index in [0.29, 0.717) is 25.1 Å². The zero-order valence-corrected chi connectivity index (χ0v) is 15.2. The molecule has 0 aromatic carbocycles. The fraction of sp³-hybridized carbons (Fsp3) is 0.412. The van der Waals surface area contributed by atoms with Crippen LogP contribution in [0.4, 0.5) is 19.1 Å². The molecule has 0 radical (unpaired) electrons. The molecule has 0 bridgehead atoms. The predicted octanol–water partition coefficient (Wildman–Crippen LogP) is 3.21. The first-order valence-corrected chi connectivity index (χ1v) is 8.42. The first-order valence-electron chi connectivity index (χ1n) is 8.42. The quantitative estimate of drug-likeness (QED) is 0.666. The molecule has 0 amide bonds. The topological polar surface area (TPSA) is 73.5 Å². The molecule has 3 aromatic heterocycles. The zero-order valence-electron chi connectivity index (χ0n) is 15.2. The van der Waals surface area contributed by atoms with Crippen molar-refractivity contribution in [2.45, 2.75) is 33.0 Å². The molecule has 0 saturated carbocycles. The summed E-state index contributed by atoms with van der Waals surface area (Å²) in [4.78, 5) is 7.81. The summed E-state index contributed by atoms with van der Waals surface area (Å²) in [5.41, 5.74) is 1.66. The number of alkyl halides is 3. The molecular formula is C17H20F3N7. The molecule has 3 heterocycles. The molecule has 144 valence electrons. The van der Waals surface area contributed by atoms with Gasteiger partial charge >= 0.3 is 6.18 Å². The zero-order chi connectivity index (χ0) is 19.6. The Balaban J connectivity index is 1.73. The molecule has 0 spiro atoms. The number of hydrogen-bond donors (Lipinski definition) is 1. The molecule has 0 fully saturated rings. The minimum absolute atomic E-state index is 0.0583. The third-order valence-corrected chi connectivity index (χ3v) is 3.95. The van der Waals surface area contributed by atoms with Gasteiger partial charge in [0.1, 0.15) is 0 Å². The average molecular weight is 379 g/mol. The van der Waals surface area contributed by atoms with Gasteiger partial charge in [-0.05, 0) is 32.4 Å². The molecular weight excluding hydrogens is 359 g/mol.